The summed E-state index contributed by atoms with van der Waals surface area (Å²) >= 11 is 0. The predicted octanol–water partition coefficient (Wildman–Crippen LogP) is 1.25. The smallest absolute Gasteiger partial charge is 0.326 e. The maximum Gasteiger partial charge on any atom is 0.326 e. The third-order valence-corrected chi connectivity index (χ3v) is 3.71. The number of pyridine rings is 1. The van der Waals surface area contributed by atoms with E-state index in [1.165, 1.54) is 4.90 Å². The molecule has 5 nitrogen and oxygen atoms in total. The van der Waals surface area contributed by atoms with Crippen LogP contribution in [0.25, 0.3) is 0 Å². The molecule has 0 spiro atoms. The van der Waals surface area contributed by atoms with Gasteiger partial charge in [0.15, 0.2) is 0 Å². The lowest BCUT2D eigenvalue weighted by Gasteiger charge is -2.23. The topological polar surface area (TPSA) is 70.5 Å². The van der Waals surface area contributed by atoms with Crippen LogP contribution in [-0.2, 0) is 16.0 Å². The summed E-state index contributed by atoms with van der Waals surface area (Å²) in [6, 6.07) is 3.02. The molecule has 0 bridgehead atoms. The summed E-state index contributed by atoms with van der Waals surface area (Å²) in [5.74, 6) is -1.07. The maximum atomic E-state index is 12.2. The highest BCUT2D eigenvalue weighted by Gasteiger charge is 2.39. The number of aromatic nitrogens is 1. The van der Waals surface area contributed by atoms with Crippen molar-refractivity contribution in [1.82, 2.24) is 9.88 Å². The lowest BCUT2D eigenvalue weighted by Crippen LogP contribution is -2.43. The molecular formula is C14H18N2O3. The number of carboxylic acid groups (broad SMARTS) is 1. The van der Waals surface area contributed by atoms with Crippen molar-refractivity contribution in [2.75, 3.05) is 6.54 Å². The van der Waals surface area contributed by atoms with Crippen LogP contribution >= 0.6 is 0 Å². The fraction of sp³-hybridized carbons (Fsp3) is 0.500. The van der Waals surface area contributed by atoms with E-state index >= 15 is 0 Å². The lowest BCUT2D eigenvalue weighted by molar-refractivity contribution is -0.149. The van der Waals surface area contributed by atoms with Crippen LogP contribution in [-0.4, -0.2) is 39.5 Å². The van der Waals surface area contributed by atoms with Crippen molar-refractivity contribution in [3.8, 4) is 0 Å². The molecule has 2 atom stereocenters. The minimum Gasteiger partial charge on any atom is -0.480 e. The fourth-order valence-electron chi connectivity index (χ4n) is 2.55. The Morgan fingerprint density at radius 1 is 1.53 bits per heavy atom. The number of carboxylic acids is 1. The molecule has 19 heavy (non-hydrogen) atoms. The highest BCUT2D eigenvalue weighted by molar-refractivity contribution is 5.85. The van der Waals surface area contributed by atoms with Gasteiger partial charge in [0.25, 0.3) is 0 Å². The van der Waals surface area contributed by atoms with Gasteiger partial charge in [0, 0.05) is 12.7 Å². The Bertz CT molecular complexity index is 501. The Hall–Kier alpha value is -1.91. The van der Waals surface area contributed by atoms with Gasteiger partial charge < -0.3 is 10.0 Å². The predicted molar refractivity (Wildman–Crippen MR) is 69.6 cm³/mol. The Labute approximate surface area is 112 Å². The first-order valence-corrected chi connectivity index (χ1v) is 6.43. The highest BCUT2D eigenvalue weighted by Crippen LogP contribution is 2.25. The van der Waals surface area contributed by atoms with Gasteiger partial charge in [-0.15, -0.1) is 0 Å². The van der Waals surface area contributed by atoms with Crippen molar-refractivity contribution in [2.24, 2.45) is 5.92 Å². The largest absolute Gasteiger partial charge is 0.480 e. The van der Waals surface area contributed by atoms with E-state index in [1.807, 2.05) is 26.0 Å². The van der Waals surface area contributed by atoms with Crippen LogP contribution in [0, 0.1) is 12.8 Å². The van der Waals surface area contributed by atoms with Crippen LogP contribution < -0.4 is 0 Å². The molecule has 1 saturated heterocycles. The molecular weight excluding hydrogens is 244 g/mol. The summed E-state index contributed by atoms with van der Waals surface area (Å²) in [5.41, 5.74) is 1.67. The van der Waals surface area contributed by atoms with Crippen LogP contribution in [0.2, 0.25) is 0 Å². The average molecular weight is 262 g/mol. The number of hydrogen-bond acceptors (Lipinski definition) is 3. The van der Waals surface area contributed by atoms with Gasteiger partial charge in [-0.3, -0.25) is 9.78 Å². The lowest BCUT2D eigenvalue weighted by atomic mass is 10.0. The third kappa shape index (κ3) is 2.75. The first kappa shape index (κ1) is 13.5. The minimum absolute atomic E-state index is 0.00581. The third-order valence-electron chi connectivity index (χ3n) is 3.71. The molecule has 1 amide bonds. The van der Waals surface area contributed by atoms with Crippen LogP contribution in [0.15, 0.2) is 18.3 Å². The van der Waals surface area contributed by atoms with Gasteiger partial charge >= 0.3 is 5.97 Å². The zero-order chi connectivity index (χ0) is 14.0. The second kappa shape index (κ2) is 5.38. The van der Waals surface area contributed by atoms with Crippen LogP contribution in [0.1, 0.15) is 24.6 Å². The van der Waals surface area contributed by atoms with Crippen molar-refractivity contribution in [2.45, 2.75) is 32.7 Å². The molecule has 0 saturated carbocycles. The Morgan fingerprint density at radius 3 is 2.89 bits per heavy atom. The number of aliphatic carboxylic acids is 1. The van der Waals surface area contributed by atoms with E-state index in [-0.39, 0.29) is 18.2 Å². The zero-order valence-corrected chi connectivity index (χ0v) is 11.2. The highest BCUT2D eigenvalue weighted by atomic mass is 16.4. The molecule has 2 rings (SSSR count). The molecule has 1 fully saturated rings. The maximum absolute atomic E-state index is 12.2. The zero-order valence-electron chi connectivity index (χ0n) is 11.2. The van der Waals surface area contributed by atoms with Gasteiger partial charge in [0.05, 0.1) is 12.1 Å². The van der Waals surface area contributed by atoms with Crippen molar-refractivity contribution < 1.29 is 14.7 Å². The molecule has 2 heterocycles. The molecule has 1 aliphatic heterocycles. The summed E-state index contributed by atoms with van der Waals surface area (Å²) in [6.45, 7) is 4.29. The van der Waals surface area contributed by atoms with Gasteiger partial charge in [-0.2, -0.15) is 0 Å². The van der Waals surface area contributed by atoms with E-state index in [9.17, 15) is 14.7 Å². The molecule has 1 aromatic heterocycles. The molecule has 1 aromatic rings. The number of amides is 1. The number of aryl methyl sites for hydroxylation is 1. The molecule has 0 radical (unpaired) electrons. The van der Waals surface area contributed by atoms with Crippen molar-refractivity contribution in [3.05, 3.63) is 29.6 Å². The summed E-state index contributed by atoms with van der Waals surface area (Å²) in [7, 11) is 0. The summed E-state index contributed by atoms with van der Waals surface area (Å²) < 4.78 is 0. The molecule has 1 N–H and O–H groups in total. The second-order valence-electron chi connectivity index (χ2n) is 5.08. The Kier molecular flexibility index (Phi) is 3.83. The van der Waals surface area contributed by atoms with E-state index in [2.05, 4.69) is 4.98 Å². The van der Waals surface area contributed by atoms with E-state index in [0.29, 0.717) is 6.54 Å². The molecule has 0 aromatic carbocycles. The Balaban J connectivity index is 2.12. The van der Waals surface area contributed by atoms with E-state index < -0.39 is 12.0 Å². The second-order valence-corrected chi connectivity index (χ2v) is 5.08. The average Bonchev–Trinajstić information content (AvgIpc) is 2.74. The summed E-state index contributed by atoms with van der Waals surface area (Å²) in [6.07, 6.45) is 2.56. The van der Waals surface area contributed by atoms with Gasteiger partial charge in [0.2, 0.25) is 5.91 Å². The van der Waals surface area contributed by atoms with Gasteiger partial charge in [-0.1, -0.05) is 13.0 Å². The number of hydrogen-bond donors (Lipinski definition) is 1. The van der Waals surface area contributed by atoms with Gasteiger partial charge in [-0.25, -0.2) is 4.79 Å². The van der Waals surface area contributed by atoms with Crippen LogP contribution in [0.3, 0.4) is 0 Å². The Morgan fingerprint density at radius 2 is 2.26 bits per heavy atom. The van der Waals surface area contributed by atoms with Gasteiger partial charge in [0.1, 0.15) is 6.04 Å². The van der Waals surface area contributed by atoms with Gasteiger partial charge in [-0.05, 0) is 30.9 Å². The van der Waals surface area contributed by atoms with E-state index in [0.717, 1.165) is 17.7 Å². The number of rotatable bonds is 3. The normalized spacial score (nSPS) is 22.5. The summed E-state index contributed by atoms with van der Waals surface area (Å²) in [4.78, 5) is 29.1. The van der Waals surface area contributed by atoms with Crippen molar-refractivity contribution in [3.63, 3.8) is 0 Å². The quantitative estimate of drug-likeness (QED) is 0.890. The first-order valence-electron chi connectivity index (χ1n) is 6.43. The van der Waals surface area contributed by atoms with E-state index in [1.54, 1.807) is 6.20 Å². The number of carbonyl (C=O) groups excluding carboxylic acids is 1. The summed E-state index contributed by atoms with van der Waals surface area (Å²) in [5, 5.41) is 9.21. The molecule has 102 valence electrons. The standard InChI is InChI=1S/C14H18N2O3/c1-9-4-3-6-15-11(9)8-12(17)16-7-5-10(2)13(16)14(18)19/h3-4,6,10,13H,5,7-8H2,1-2H3,(H,18,19). The minimum atomic E-state index is -0.920. The SMILES string of the molecule is Cc1cccnc1CC(=O)N1CCC(C)C1C(=O)O. The first-order chi connectivity index (χ1) is 9.00. The number of likely N-dealkylation sites (tertiary alicyclic amines) is 1. The monoisotopic (exact) mass is 262 g/mol. The molecule has 5 heteroatoms. The molecule has 0 aliphatic carbocycles. The fourth-order valence-corrected chi connectivity index (χ4v) is 2.55. The van der Waals surface area contributed by atoms with Crippen molar-refractivity contribution >= 4 is 11.9 Å². The van der Waals surface area contributed by atoms with Crippen molar-refractivity contribution in [1.29, 1.82) is 0 Å². The van der Waals surface area contributed by atoms with E-state index in [4.69, 9.17) is 0 Å². The molecule has 1 aliphatic rings. The van der Waals surface area contributed by atoms with Crippen LogP contribution in [0.5, 0.6) is 0 Å². The number of nitrogens with zero attached hydrogens (tertiary/aromatic N) is 2. The number of carbonyl (C=O) groups is 2. The van der Waals surface area contributed by atoms with Crippen LogP contribution in [0.4, 0.5) is 0 Å². The molecule has 2 unspecified atom stereocenters.